The van der Waals surface area contributed by atoms with Gasteiger partial charge in [0.05, 0.1) is 48.3 Å². The zero-order valence-electron chi connectivity index (χ0n) is 29.1. The number of carboxylic acids is 1. The van der Waals surface area contributed by atoms with E-state index < -0.39 is 5.97 Å². The number of aromatic carboxylic acids is 1. The second-order valence-corrected chi connectivity index (χ2v) is 14.2. The molecule has 2 fully saturated rings. The molecule has 0 unspecified atom stereocenters. The minimum atomic E-state index is -0.988. The lowest BCUT2D eigenvalue weighted by Gasteiger charge is -2.28. The van der Waals surface area contributed by atoms with E-state index in [1.165, 1.54) is 12.0 Å². The number of carbonyl (C=O) groups is 2. The first-order valence-electron chi connectivity index (χ1n) is 18.0. The molecule has 1 N–H and O–H groups in total. The van der Waals surface area contributed by atoms with Crippen molar-refractivity contribution >= 4 is 45.3 Å². The molecule has 8 rings (SSSR count). The number of carbonyl (C=O) groups excluding carboxylic acids is 1. The van der Waals surface area contributed by atoms with Crippen molar-refractivity contribution in [3.8, 4) is 39.4 Å². The van der Waals surface area contributed by atoms with Crippen molar-refractivity contribution < 1.29 is 24.2 Å². The summed E-state index contributed by atoms with van der Waals surface area (Å²) in [6.45, 7) is 2.22. The van der Waals surface area contributed by atoms with Gasteiger partial charge in [-0.1, -0.05) is 67.3 Å². The van der Waals surface area contributed by atoms with Gasteiger partial charge in [0.25, 0.3) is 0 Å². The van der Waals surface area contributed by atoms with E-state index in [2.05, 4.69) is 28.8 Å². The molecule has 3 heterocycles. The highest BCUT2D eigenvalue weighted by molar-refractivity contribution is 6.30. The van der Waals surface area contributed by atoms with Crippen LogP contribution in [0.5, 0.6) is 5.75 Å². The first-order chi connectivity index (χ1) is 25.4. The molecule has 1 saturated heterocycles. The van der Waals surface area contributed by atoms with Crippen molar-refractivity contribution in [1.29, 1.82) is 0 Å². The van der Waals surface area contributed by atoms with Gasteiger partial charge in [0.1, 0.15) is 12.3 Å². The smallest absolute Gasteiger partial charge is 0.335 e. The van der Waals surface area contributed by atoms with Crippen LogP contribution in [0.2, 0.25) is 5.02 Å². The summed E-state index contributed by atoms with van der Waals surface area (Å²) in [6, 6.07) is 29.6. The third-order valence-electron chi connectivity index (χ3n) is 10.6. The van der Waals surface area contributed by atoms with Gasteiger partial charge in [-0.3, -0.25) is 4.79 Å². The molecular weight excluding hydrogens is 674 g/mol. The highest BCUT2D eigenvalue weighted by Gasteiger charge is 2.29. The van der Waals surface area contributed by atoms with Gasteiger partial charge in [-0.15, -0.1) is 0 Å². The second kappa shape index (κ2) is 14.4. The van der Waals surface area contributed by atoms with Crippen LogP contribution >= 0.6 is 11.6 Å². The molecule has 1 aliphatic carbocycles. The van der Waals surface area contributed by atoms with Crippen molar-refractivity contribution in [3.05, 3.63) is 107 Å². The number of pyridine rings is 1. The lowest BCUT2D eigenvalue weighted by Crippen LogP contribution is -2.42. The fourth-order valence-corrected chi connectivity index (χ4v) is 8.13. The minimum Gasteiger partial charge on any atom is -0.497 e. The van der Waals surface area contributed by atoms with Crippen molar-refractivity contribution in [2.45, 2.75) is 44.6 Å². The van der Waals surface area contributed by atoms with Gasteiger partial charge in [0.15, 0.2) is 0 Å². The molecule has 52 heavy (non-hydrogen) atoms. The summed E-state index contributed by atoms with van der Waals surface area (Å²) in [7, 11) is 1.66. The fraction of sp³-hybridized carbons (Fsp3) is 0.279. The molecule has 0 radical (unpaired) electrons. The third kappa shape index (κ3) is 6.53. The maximum Gasteiger partial charge on any atom is 0.335 e. The lowest BCUT2D eigenvalue weighted by molar-refractivity contribution is -0.135. The van der Waals surface area contributed by atoms with Gasteiger partial charge in [-0.2, -0.15) is 0 Å². The Morgan fingerprint density at radius 2 is 1.63 bits per heavy atom. The van der Waals surface area contributed by atoms with E-state index >= 15 is 0 Å². The van der Waals surface area contributed by atoms with Crippen LogP contribution in [0.4, 0.5) is 0 Å². The van der Waals surface area contributed by atoms with Crippen molar-refractivity contribution in [2.24, 2.45) is 0 Å². The fourth-order valence-electron chi connectivity index (χ4n) is 8.00. The number of halogens is 1. The minimum absolute atomic E-state index is 0.000694. The molecule has 1 saturated carbocycles. The first kappa shape index (κ1) is 33.9. The molecule has 1 amide bonds. The zero-order valence-corrected chi connectivity index (χ0v) is 29.9. The predicted octanol–water partition coefficient (Wildman–Crippen LogP) is 9.46. The van der Waals surface area contributed by atoms with Gasteiger partial charge >= 0.3 is 5.97 Å². The van der Waals surface area contributed by atoms with E-state index in [9.17, 15) is 14.7 Å². The maximum atomic E-state index is 13.9. The summed E-state index contributed by atoms with van der Waals surface area (Å²) in [6.07, 6.45) is 5.60. The number of aromatic nitrogens is 2. The predicted molar refractivity (Wildman–Crippen MR) is 205 cm³/mol. The van der Waals surface area contributed by atoms with Crippen LogP contribution in [-0.2, 0) is 16.1 Å². The van der Waals surface area contributed by atoms with Gasteiger partial charge in [0.2, 0.25) is 5.91 Å². The van der Waals surface area contributed by atoms with Gasteiger partial charge in [-0.05, 0) is 95.6 Å². The standard InChI is InChI=1S/C43H40ClN3O5/c1-51-33-14-16-34(27-7-12-32(44)13-8-27)36(25-33)38-18-10-29-23-30(11-17-37(29)45-38)42-41(28-5-3-2-4-6-28)35-15-9-31(43(49)50)24-39(35)47(42)26-40(48)46-19-21-52-22-20-46/h7-18,23-25,28H,2-6,19-22,26H2,1H3,(H,49,50). The van der Waals surface area contributed by atoms with E-state index in [-0.39, 0.29) is 18.0 Å². The van der Waals surface area contributed by atoms with Crippen LogP contribution in [0, 0.1) is 0 Å². The SMILES string of the molecule is COc1ccc(-c2ccc(Cl)cc2)c(-c2ccc3cc(-c4c(C5CCCCC5)c5ccc(C(=O)O)cc5n4CC(=O)N4CCOCC4)ccc3n2)c1. The number of fused-ring (bicyclic) bond motifs is 2. The van der Waals surface area contributed by atoms with E-state index in [0.29, 0.717) is 37.2 Å². The summed E-state index contributed by atoms with van der Waals surface area (Å²) in [5.74, 6) is 0.0555. The highest BCUT2D eigenvalue weighted by Crippen LogP contribution is 2.45. The van der Waals surface area contributed by atoms with E-state index in [0.717, 1.165) is 86.9 Å². The van der Waals surface area contributed by atoms with E-state index in [1.54, 1.807) is 19.2 Å². The molecule has 4 aromatic carbocycles. The molecule has 6 aromatic rings. The molecule has 2 aromatic heterocycles. The highest BCUT2D eigenvalue weighted by atomic mass is 35.5. The number of amides is 1. The summed E-state index contributed by atoms with van der Waals surface area (Å²) in [4.78, 5) is 33.1. The normalized spacial score (nSPS) is 15.3. The number of methoxy groups -OCH3 is 1. The number of ether oxygens (including phenoxy) is 2. The molecule has 264 valence electrons. The Balaban J connectivity index is 1.28. The van der Waals surface area contributed by atoms with Crippen LogP contribution in [0.25, 0.3) is 55.4 Å². The zero-order chi connectivity index (χ0) is 35.8. The summed E-state index contributed by atoms with van der Waals surface area (Å²) in [5.41, 5.74) is 8.80. The molecular formula is C43H40ClN3O5. The van der Waals surface area contributed by atoms with Crippen LogP contribution < -0.4 is 4.74 Å². The van der Waals surface area contributed by atoms with Crippen LogP contribution in [0.15, 0.2) is 91.0 Å². The van der Waals surface area contributed by atoms with Gasteiger partial charge in [0, 0.05) is 34.4 Å². The first-order valence-corrected chi connectivity index (χ1v) is 18.4. The average molecular weight is 714 g/mol. The molecule has 1 aliphatic heterocycles. The van der Waals surface area contributed by atoms with Crippen molar-refractivity contribution in [1.82, 2.24) is 14.5 Å². The Labute approximate surface area is 307 Å². The number of morpholine rings is 1. The average Bonchev–Trinajstić information content (AvgIpc) is 3.51. The largest absolute Gasteiger partial charge is 0.497 e. The van der Waals surface area contributed by atoms with Gasteiger partial charge < -0.3 is 24.0 Å². The lowest BCUT2D eigenvalue weighted by atomic mass is 9.81. The monoisotopic (exact) mass is 713 g/mol. The summed E-state index contributed by atoms with van der Waals surface area (Å²) < 4.78 is 13.2. The van der Waals surface area contributed by atoms with Crippen molar-refractivity contribution in [2.75, 3.05) is 33.4 Å². The number of hydrogen-bond donors (Lipinski definition) is 1. The molecule has 8 nitrogen and oxygen atoms in total. The van der Waals surface area contributed by atoms with Crippen molar-refractivity contribution in [3.63, 3.8) is 0 Å². The number of carboxylic acid groups (broad SMARTS) is 1. The maximum absolute atomic E-state index is 13.9. The Morgan fingerprint density at radius 3 is 2.38 bits per heavy atom. The molecule has 0 spiro atoms. The summed E-state index contributed by atoms with van der Waals surface area (Å²) in [5, 5.41) is 12.7. The second-order valence-electron chi connectivity index (χ2n) is 13.7. The number of benzene rings is 4. The third-order valence-corrected chi connectivity index (χ3v) is 10.9. The Morgan fingerprint density at radius 1 is 0.865 bits per heavy atom. The molecule has 0 atom stereocenters. The quantitative estimate of drug-likeness (QED) is 0.169. The molecule has 2 aliphatic rings. The number of rotatable bonds is 8. The number of nitrogens with zero attached hydrogens (tertiary/aromatic N) is 3. The Bertz CT molecular complexity index is 2300. The van der Waals surface area contributed by atoms with Gasteiger partial charge in [-0.25, -0.2) is 9.78 Å². The number of hydrogen-bond acceptors (Lipinski definition) is 5. The van der Waals surface area contributed by atoms with E-state index in [4.69, 9.17) is 26.1 Å². The van der Waals surface area contributed by atoms with Crippen LogP contribution in [0.1, 0.15) is 53.9 Å². The molecule has 0 bridgehead atoms. The molecule has 9 heteroatoms. The summed E-state index contributed by atoms with van der Waals surface area (Å²) >= 11 is 6.21. The topological polar surface area (TPSA) is 93.9 Å². The Kier molecular flexibility index (Phi) is 9.43. The Hall–Kier alpha value is -5.18. The van der Waals surface area contributed by atoms with Crippen LogP contribution in [-0.4, -0.2) is 64.8 Å². The van der Waals surface area contributed by atoms with Crippen LogP contribution in [0.3, 0.4) is 0 Å². The van der Waals surface area contributed by atoms with E-state index in [1.807, 2.05) is 59.5 Å².